The van der Waals surface area contributed by atoms with Crippen LogP contribution in [0.4, 0.5) is 5.69 Å². The lowest BCUT2D eigenvalue weighted by atomic mass is 10.0. The van der Waals surface area contributed by atoms with Crippen molar-refractivity contribution < 1.29 is 10.0 Å². The van der Waals surface area contributed by atoms with Crippen molar-refractivity contribution in [2.45, 2.75) is 25.8 Å². The van der Waals surface area contributed by atoms with Gasteiger partial charge in [-0.2, -0.15) is 0 Å². The monoisotopic (exact) mass is 210 g/mol. The molecular formula is C10H14N2O3. The van der Waals surface area contributed by atoms with Crippen molar-refractivity contribution in [1.29, 1.82) is 0 Å². The van der Waals surface area contributed by atoms with Gasteiger partial charge in [0.05, 0.1) is 10.5 Å². The largest absolute Gasteiger partial charge is 0.508 e. The first kappa shape index (κ1) is 11.5. The van der Waals surface area contributed by atoms with E-state index >= 15 is 0 Å². The zero-order chi connectivity index (χ0) is 11.4. The van der Waals surface area contributed by atoms with Crippen LogP contribution in [0.5, 0.6) is 5.75 Å². The van der Waals surface area contributed by atoms with E-state index in [1.165, 1.54) is 18.2 Å². The van der Waals surface area contributed by atoms with Gasteiger partial charge in [-0.25, -0.2) is 0 Å². The first-order chi connectivity index (χ1) is 7.06. The van der Waals surface area contributed by atoms with E-state index in [4.69, 9.17) is 5.73 Å². The molecule has 3 N–H and O–H groups in total. The summed E-state index contributed by atoms with van der Waals surface area (Å²) in [6, 6.07) is 3.53. The lowest BCUT2D eigenvalue weighted by Gasteiger charge is -2.11. The highest BCUT2D eigenvalue weighted by atomic mass is 16.6. The van der Waals surface area contributed by atoms with E-state index in [0.717, 1.165) is 6.42 Å². The molecule has 0 aromatic heterocycles. The van der Waals surface area contributed by atoms with E-state index < -0.39 is 11.0 Å². The second-order valence-electron chi connectivity index (χ2n) is 3.40. The highest BCUT2D eigenvalue weighted by molar-refractivity contribution is 5.46. The molecule has 0 saturated heterocycles. The smallest absolute Gasteiger partial charge is 0.274 e. The van der Waals surface area contributed by atoms with Crippen LogP contribution < -0.4 is 5.73 Å². The van der Waals surface area contributed by atoms with Crippen molar-refractivity contribution in [2.75, 3.05) is 0 Å². The number of hydrogen-bond acceptors (Lipinski definition) is 4. The second-order valence-corrected chi connectivity index (χ2v) is 3.40. The molecule has 0 spiro atoms. The summed E-state index contributed by atoms with van der Waals surface area (Å²) in [5.41, 5.74) is 6.15. The lowest BCUT2D eigenvalue weighted by Crippen LogP contribution is -2.11. The number of rotatable bonds is 4. The molecule has 82 valence electrons. The molecule has 0 aliphatic rings. The summed E-state index contributed by atoms with van der Waals surface area (Å²) in [4.78, 5) is 10.2. The minimum absolute atomic E-state index is 0.00199. The number of nitrogens with two attached hydrogens (primary N) is 1. The van der Waals surface area contributed by atoms with Gasteiger partial charge in [0.25, 0.3) is 5.69 Å². The summed E-state index contributed by atoms with van der Waals surface area (Å²) in [7, 11) is 0. The number of aromatic hydroxyl groups is 1. The molecule has 0 aliphatic carbocycles. The first-order valence-electron chi connectivity index (χ1n) is 4.79. The maximum atomic E-state index is 10.7. The van der Waals surface area contributed by atoms with Gasteiger partial charge in [0.2, 0.25) is 0 Å². The Morgan fingerprint density at radius 3 is 2.80 bits per heavy atom. The third kappa shape index (κ3) is 2.66. The standard InChI is InChI=1S/C10H14N2O3/c1-2-3-9(11)8-6-7(13)4-5-10(8)12(14)15/h4-6,9,13H,2-3,11H2,1H3/t9-/m1/s1. The third-order valence-corrected chi connectivity index (χ3v) is 2.21. The van der Waals surface area contributed by atoms with Crippen LogP contribution in [-0.4, -0.2) is 10.0 Å². The molecule has 0 amide bonds. The molecule has 0 radical (unpaired) electrons. The van der Waals surface area contributed by atoms with Crippen LogP contribution in [0.1, 0.15) is 31.4 Å². The summed E-state index contributed by atoms with van der Waals surface area (Å²) in [6.07, 6.45) is 1.50. The Kier molecular flexibility index (Phi) is 3.62. The van der Waals surface area contributed by atoms with Gasteiger partial charge >= 0.3 is 0 Å². The molecular weight excluding hydrogens is 196 g/mol. The zero-order valence-electron chi connectivity index (χ0n) is 8.51. The normalized spacial score (nSPS) is 12.4. The van der Waals surface area contributed by atoms with Crippen molar-refractivity contribution in [3.05, 3.63) is 33.9 Å². The van der Waals surface area contributed by atoms with Gasteiger partial charge in [-0.1, -0.05) is 13.3 Å². The SMILES string of the molecule is CCC[C@@H](N)c1cc(O)ccc1[N+](=O)[O-]. The fourth-order valence-corrected chi connectivity index (χ4v) is 1.47. The first-order valence-corrected chi connectivity index (χ1v) is 4.79. The molecule has 1 aromatic carbocycles. The van der Waals surface area contributed by atoms with Crippen LogP contribution in [0.25, 0.3) is 0 Å². The predicted molar refractivity (Wildman–Crippen MR) is 56.6 cm³/mol. The molecule has 1 atom stereocenters. The summed E-state index contributed by atoms with van der Waals surface area (Å²) in [5.74, 6) is 0.00199. The van der Waals surface area contributed by atoms with Gasteiger partial charge in [0, 0.05) is 12.1 Å². The van der Waals surface area contributed by atoms with Gasteiger partial charge < -0.3 is 10.8 Å². The number of nitro groups is 1. The molecule has 1 aromatic rings. The summed E-state index contributed by atoms with van der Waals surface area (Å²) in [5, 5.41) is 20.0. The Balaban J connectivity index is 3.12. The number of nitro benzene ring substituents is 1. The Bertz CT molecular complexity index is 366. The van der Waals surface area contributed by atoms with Crippen LogP contribution >= 0.6 is 0 Å². The minimum Gasteiger partial charge on any atom is -0.508 e. The quantitative estimate of drug-likeness (QED) is 0.588. The van der Waals surface area contributed by atoms with E-state index in [9.17, 15) is 15.2 Å². The minimum atomic E-state index is -0.482. The highest BCUT2D eigenvalue weighted by Crippen LogP contribution is 2.29. The Morgan fingerprint density at radius 2 is 2.27 bits per heavy atom. The van der Waals surface area contributed by atoms with Gasteiger partial charge in [-0.15, -0.1) is 0 Å². The number of hydrogen-bond donors (Lipinski definition) is 2. The summed E-state index contributed by atoms with van der Waals surface area (Å²) in [6.45, 7) is 1.95. The number of benzene rings is 1. The molecule has 0 unspecified atom stereocenters. The molecule has 0 aliphatic heterocycles. The van der Waals surface area contributed by atoms with Crippen molar-refractivity contribution in [3.63, 3.8) is 0 Å². The van der Waals surface area contributed by atoms with Gasteiger partial charge in [0.15, 0.2) is 0 Å². The van der Waals surface area contributed by atoms with E-state index in [-0.39, 0.29) is 11.4 Å². The molecule has 5 heteroatoms. The highest BCUT2D eigenvalue weighted by Gasteiger charge is 2.19. The van der Waals surface area contributed by atoms with Crippen molar-refractivity contribution in [2.24, 2.45) is 5.73 Å². The second kappa shape index (κ2) is 4.75. The van der Waals surface area contributed by atoms with Crippen molar-refractivity contribution >= 4 is 5.69 Å². The number of nitrogens with zero attached hydrogens (tertiary/aromatic N) is 1. The topological polar surface area (TPSA) is 89.4 Å². The average Bonchev–Trinajstić information content (AvgIpc) is 2.17. The Labute approximate surface area is 87.7 Å². The molecule has 15 heavy (non-hydrogen) atoms. The van der Waals surface area contributed by atoms with E-state index in [1.54, 1.807) is 0 Å². The Hall–Kier alpha value is -1.62. The molecule has 0 fully saturated rings. The summed E-state index contributed by atoms with van der Waals surface area (Å²) >= 11 is 0. The number of phenolic OH excluding ortho intramolecular Hbond substituents is 1. The lowest BCUT2D eigenvalue weighted by molar-refractivity contribution is -0.385. The molecule has 0 saturated carbocycles. The van der Waals surface area contributed by atoms with Crippen LogP contribution in [0, 0.1) is 10.1 Å². The van der Waals surface area contributed by atoms with Crippen molar-refractivity contribution in [1.82, 2.24) is 0 Å². The van der Waals surface area contributed by atoms with E-state index in [2.05, 4.69) is 0 Å². The average molecular weight is 210 g/mol. The maximum absolute atomic E-state index is 10.7. The Morgan fingerprint density at radius 1 is 1.60 bits per heavy atom. The van der Waals surface area contributed by atoms with Crippen molar-refractivity contribution in [3.8, 4) is 5.75 Å². The maximum Gasteiger partial charge on any atom is 0.274 e. The van der Waals surface area contributed by atoms with Gasteiger partial charge in [-0.3, -0.25) is 10.1 Å². The van der Waals surface area contributed by atoms with Gasteiger partial charge in [0.1, 0.15) is 5.75 Å². The van der Waals surface area contributed by atoms with E-state index in [1.807, 2.05) is 6.92 Å². The molecule has 1 rings (SSSR count). The molecule has 5 nitrogen and oxygen atoms in total. The number of phenols is 1. The predicted octanol–water partition coefficient (Wildman–Crippen LogP) is 2.10. The van der Waals surface area contributed by atoms with Crippen LogP contribution in [0.3, 0.4) is 0 Å². The van der Waals surface area contributed by atoms with Crippen LogP contribution in [0.2, 0.25) is 0 Å². The zero-order valence-corrected chi connectivity index (χ0v) is 8.51. The summed E-state index contributed by atoms with van der Waals surface area (Å²) < 4.78 is 0. The van der Waals surface area contributed by atoms with Gasteiger partial charge in [-0.05, 0) is 18.6 Å². The van der Waals surface area contributed by atoms with E-state index in [0.29, 0.717) is 12.0 Å². The fraction of sp³-hybridized carbons (Fsp3) is 0.400. The van der Waals surface area contributed by atoms with Crippen LogP contribution in [-0.2, 0) is 0 Å². The molecule has 0 bridgehead atoms. The molecule has 0 heterocycles. The fourth-order valence-electron chi connectivity index (χ4n) is 1.47. The van der Waals surface area contributed by atoms with Crippen LogP contribution in [0.15, 0.2) is 18.2 Å². The third-order valence-electron chi connectivity index (χ3n) is 2.21.